The second kappa shape index (κ2) is 29.9. The molecule has 14 nitrogen and oxygen atoms in total. The average molecular weight is 792 g/mol. The van der Waals surface area contributed by atoms with Crippen molar-refractivity contribution in [2.45, 2.75) is 222 Å². The molecule has 12 unspecified atom stereocenters. The van der Waals surface area contributed by atoms with Gasteiger partial charge in [-0.25, -0.2) is 0 Å². The van der Waals surface area contributed by atoms with Crippen molar-refractivity contribution in [1.29, 1.82) is 0 Å². The lowest BCUT2D eigenvalue weighted by molar-refractivity contribution is -0.359. The van der Waals surface area contributed by atoms with E-state index in [9.17, 15) is 45.6 Å². The molecule has 0 radical (unpaired) electrons. The molecule has 0 spiro atoms. The molecule has 2 heterocycles. The average Bonchev–Trinajstić information content (AvgIpc) is 3.18. The molecule has 2 fully saturated rings. The fourth-order valence-electron chi connectivity index (χ4n) is 7.11. The highest BCUT2D eigenvalue weighted by Gasteiger charge is 2.50. The minimum absolute atomic E-state index is 0.254. The lowest BCUT2D eigenvalue weighted by Gasteiger charge is -2.46. The van der Waals surface area contributed by atoms with E-state index >= 15 is 0 Å². The number of nitrogens with one attached hydrogen (secondary N) is 1. The molecule has 0 aromatic heterocycles. The standard InChI is InChI=1S/C41H77NO13/c1-3-5-7-9-10-11-12-13-14-15-16-17-18-19-21-22-24-30(45)29(42-33(46)25-23-20-8-6-4-2)28-52-40-38(51)36(49)39(32(27-44)54-40)55-41-37(50)35(48)34(47)31(26-43)53-41/h22,24,29-32,34-41,43-45,47-51H,3-21,23,25-28H2,1-2H3,(H,42,46)/b24-22+. The summed E-state index contributed by atoms with van der Waals surface area (Å²) in [6.07, 6.45) is 10.3. The van der Waals surface area contributed by atoms with Crippen LogP contribution in [0, 0.1) is 0 Å². The molecule has 0 aromatic carbocycles. The first-order chi connectivity index (χ1) is 26.6. The summed E-state index contributed by atoms with van der Waals surface area (Å²) in [6.45, 7) is 2.66. The van der Waals surface area contributed by atoms with Gasteiger partial charge < -0.3 is 65.1 Å². The Morgan fingerprint density at radius 1 is 0.636 bits per heavy atom. The van der Waals surface area contributed by atoms with Gasteiger partial charge in [-0.3, -0.25) is 4.79 Å². The third-order valence-corrected chi connectivity index (χ3v) is 10.7. The van der Waals surface area contributed by atoms with Crippen molar-refractivity contribution in [3.63, 3.8) is 0 Å². The minimum Gasteiger partial charge on any atom is -0.394 e. The lowest BCUT2D eigenvalue weighted by atomic mass is 9.97. The molecule has 0 saturated carbocycles. The van der Waals surface area contributed by atoms with Crippen molar-refractivity contribution in [2.24, 2.45) is 0 Å². The highest BCUT2D eigenvalue weighted by atomic mass is 16.7. The molecule has 9 N–H and O–H groups in total. The summed E-state index contributed by atoms with van der Waals surface area (Å²) in [5, 5.41) is 86.0. The van der Waals surface area contributed by atoms with Crippen LogP contribution >= 0.6 is 0 Å². The van der Waals surface area contributed by atoms with Gasteiger partial charge in [0.25, 0.3) is 0 Å². The summed E-state index contributed by atoms with van der Waals surface area (Å²) < 4.78 is 22.5. The van der Waals surface area contributed by atoms with Gasteiger partial charge in [0.05, 0.1) is 32.0 Å². The number of aliphatic hydroxyl groups excluding tert-OH is 8. The van der Waals surface area contributed by atoms with E-state index in [1.165, 1.54) is 77.0 Å². The van der Waals surface area contributed by atoms with E-state index in [0.29, 0.717) is 6.42 Å². The maximum Gasteiger partial charge on any atom is 0.220 e. The van der Waals surface area contributed by atoms with Gasteiger partial charge in [-0.2, -0.15) is 0 Å². The molecule has 14 heteroatoms. The third-order valence-electron chi connectivity index (χ3n) is 10.7. The van der Waals surface area contributed by atoms with Gasteiger partial charge in [0.15, 0.2) is 12.6 Å². The molecule has 55 heavy (non-hydrogen) atoms. The summed E-state index contributed by atoms with van der Waals surface area (Å²) >= 11 is 0. The Hall–Kier alpha value is -1.27. The molecule has 0 bridgehead atoms. The van der Waals surface area contributed by atoms with Gasteiger partial charge in [0, 0.05) is 6.42 Å². The van der Waals surface area contributed by atoms with Crippen molar-refractivity contribution in [3.8, 4) is 0 Å². The van der Waals surface area contributed by atoms with Gasteiger partial charge in [0.1, 0.15) is 48.8 Å². The van der Waals surface area contributed by atoms with Gasteiger partial charge >= 0.3 is 0 Å². The van der Waals surface area contributed by atoms with Crippen molar-refractivity contribution in [3.05, 3.63) is 12.2 Å². The largest absolute Gasteiger partial charge is 0.394 e. The molecule has 0 aromatic rings. The van der Waals surface area contributed by atoms with E-state index in [1.54, 1.807) is 6.08 Å². The first-order valence-corrected chi connectivity index (χ1v) is 21.4. The van der Waals surface area contributed by atoms with E-state index in [4.69, 9.17) is 18.9 Å². The van der Waals surface area contributed by atoms with Crippen LogP contribution in [0.3, 0.4) is 0 Å². The zero-order valence-corrected chi connectivity index (χ0v) is 33.7. The maximum absolute atomic E-state index is 12.9. The SMILES string of the molecule is CCCCCCCCCCCCCCCC/C=C/C(O)C(COC1OC(CO)C(OC2OC(CO)C(O)C(O)C2O)C(O)C1O)NC(=O)CCCCCCC. The summed E-state index contributed by atoms with van der Waals surface area (Å²) in [4.78, 5) is 12.9. The molecule has 1 amide bonds. The highest BCUT2D eigenvalue weighted by Crippen LogP contribution is 2.30. The first-order valence-electron chi connectivity index (χ1n) is 21.4. The molecular weight excluding hydrogens is 714 g/mol. The molecule has 2 saturated heterocycles. The summed E-state index contributed by atoms with van der Waals surface area (Å²) in [5.41, 5.74) is 0. The van der Waals surface area contributed by atoms with E-state index < -0.39 is 86.8 Å². The van der Waals surface area contributed by atoms with Crippen LogP contribution in [0.2, 0.25) is 0 Å². The fraction of sp³-hybridized carbons (Fsp3) is 0.927. The Morgan fingerprint density at radius 3 is 1.67 bits per heavy atom. The normalized spacial score (nSPS) is 29.8. The third kappa shape index (κ3) is 18.9. The molecule has 2 aliphatic rings. The Morgan fingerprint density at radius 2 is 1.13 bits per heavy atom. The number of carbonyl (C=O) groups excluding carboxylic acids is 1. The lowest BCUT2D eigenvalue weighted by Crippen LogP contribution is -2.65. The van der Waals surface area contributed by atoms with Crippen LogP contribution in [-0.4, -0.2) is 140 Å². The predicted octanol–water partition coefficient (Wildman–Crippen LogP) is 3.26. The highest BCUT2D eigenvalue weighted by molar-refractivity contribution is 5.76. The van der Waals surface area contributed by atoms with Gasteiger partial charge in [-0.15, -0.1) is 0 Å². The zero-order chi connectivity index (χ0) is 40.4. The summed E-state index contributed by atoms with van der Waals surface area (Å²) in [7, 11) is 0. The molecule has 2 rings (SSSR count). The number of allylic oxidation sites excluding steroid dienone is 1. The first kappa shape index (κ1) is 49.9. The number of hydrogen-bond donors (Lipinski definition) is 9. The van der Waals surface area contributed by atoms with Gasteiger partial charge in [-0.05, 0) is 19.3 Å². The van der Waals surface area contributed by atoms with E-state index in [1.807, 2.05) is 6.08 Å². The Labute approximate surface area is 329 Å². The summed E-state index contributed by atoms with van der Waals surface area (Å²) in [6, 6.07) is -0.903. The number of aliphatic hydroxyl groups is 8. The molecular formula is C41H77NO13. The van der Waals surface area contributed by atoms with Crippen LogP contribution in [0.1, 0.15) is 149 Å². The Kier molecular flexibility index (Phi) is 27.1. The Bertz CT molecular complexity index is 988. The number of ether oxygens (including phenoxy) is 4. The number of carbonyl (C=O) groups is 1. The molecule has 2 aliphatic heterocycles. The van der Waals surface area contributed by atoms with Crippen LogP contribution in [0.15, 0.2) is 12.2 Å². The zero-order valence-electron chi connectivity index (χ0n) is 33.7. The van der Waals surface area contributed by atoms with Gasteiger partial charge in [0.2, 0.25) is 5.91 Å². The predicted molar refractivity (Wildman–Crippen MR) is 208 cm³/mol. The van der Waals surface area contributed by atoms with Crippen molar-refractivity contribution < 1.29 is 64.6 Å². The quantitative estimate of drug-likeness (QED) is 0.0364. The minimum atomic E-state index is -1.78. The van der Waals surface area contributed by atoms with Crippen LogP contribution in [-0.2, 0) is 23.7 Å². The van der Waals surface area contributed by atoms with Crippen LogP contribution in [0.4, 0.5) is 0 Å². The molecule has 12 atom stereocenters. The number of hydrogen-bond acceptors (Lipinski definition) is 13. The second-order valence-electron chi connectivity index (χ2n) is 15.5. The van der Waals surface area contributed by atoms with Gasteiger partial charge in [-0.1, -0.05) is 135 Å². The monoisotopic (exact) mass is 792 g/mol. The topological polar surface area (TPSA) is 228 Å². The number of unbranched alkanes of at least 4 members (excludes halogenated alkanes) is 18. The summed E-state index contributed by atoms with van der Waals surface area (Å²) in [5.74, 6) is -0.254. The van der Waals surface area contributed by atoms with E-state index in [0.717, 1.165) is 44.9 Å². The fourth-order valence-corrected chi connectivity index (χ4v) is 7.11. The van der Waals surface area contributed by atoms with Crippen molar-refractivity contribution in [2.75, 3.05) is 19.8 Å². The number of rotatable bonds is 31. The van der Waals surface area contributed by atoms with E-state index in [-0.39, 0.29) is 18.9 Å². The van der Waals surface area contributed by atoms with Crippen LogP contribution in [0.5, 0.6) is 0 Å². The van der Waals surface area contributed by atoms with Crippen LogP contribution in [0.25, 0.3) is 0 Å². The molecule has 0 aliphatic carbocycles. The van der Waals surface area contributed by atoms with Crippen molar-refractivity contribution in [1.82, 2.24) is 5.32 Å². The maximum atomic E-state index is 12.9. The number of amides is 1. The second-order valence-corrected chi connectivity index (χ2v) is 15.5. The van der Waals surface area contributed by atoms with Crippen LogP contribution < -0.4 is 5.32 Å². The van der Waals surface area contributed by atoms with Crippen molar-refractivity contribution >= 4 is 5.91 Å². The smallest absolute Gasteiger partial charge is 0.220 e. The Balaban J connectivity index is 1.87. The van der Waals surface area contributed by atoms with E-state index in [2.05, 4.69) is 19.2 Å². The molecule has 324 valence electrons.